The molecule has 0 fully saturated rings. The molecule has 0 unspecified atom stereocenters. The van der Waals surface area contributed by atoms with Crippen LogP contribution in [0.3, 0.4) is 0 Å². The van der Waals surface area contributed by atoms with Crippen LogP contribution < -0.4 is 10.1 Å². The molecule has 1 N–H and O–H groups in total. The van der Waals surface area contributed by atoms with Crippen molar-refractivity contribution in [3.63, 3.8) is 0 Å². The highest BCUT2D eigenvalue weighted by Crippen LogP contribution is 2.30. The molecule has 1 aromatic carbocycles. The van der Waals surface area contributed by atoms with E-state index in [1.807, 2.05) is 31.3 Å². The second-order valence-electron chi connectivity index (χ2n) is 4.02. The van der Waals surface area contributed by atoms with Gasteiger partial charge in [-0.15, -0.1) is 0 Å². The van der Waals surface area contributed by atoms with Crippen LogP contribution in [0.4, 0.5) is 5.82 Å². The van der Waals surface area contributed by atoms with Crippen LogP contribution >= 0.6 is 15.9 Å². The van der Waals surface area contributed by atoms with Crippen LogP contribution in [-0.2, 0) is 6.42 Å². The SMILES string of the molecule is CCc1cc(NC)nc(-c2cc(OC)ccc2Br)n1. The molecule has 0 atom stereocenters. The van der Waals surface area contributed by atoms with Crippen LogP contribution in [0, 0.1) is 0 Å². The molecule has 0 aliphatic heterocycles. The minimum atomic E-state index is 0.689. The Balaban J connectivity index is 2.57. The third-order valence-electron chi connectivity index (χ3n) is 2.81. The monoisotopic (exact) mass is 321 g/mol. The number of nitrogens with one attached hydrogen (secondary N) is 1. The zero-order valence-electron chi connectivity index (χ0n) is 11.2. The van der Waals surface area contributed by atoms with E-state index in [9.17, 15) is 0 Å². The van der Waals surface area contributed by atoms with Crippen molar-refractivity contribution in [2.45, 2.75) is 13.3 Å². The smallest absolute Gasteiger partial charge is 0.163 e. The number of hydrogen-bond donors (Lipinski definition) is 1. The predicted molar refractivity (Wildman–Crippen MR) is 80.6 cm³/mol. The molecule has 0 bridgehead atoms. The lowest BCUT2D eigenvalue weighted by Crippen LogP contribution is -2.00. The summed E-state index contributed by atoms with van der Waals surface area (Å²) >= 11 is 3.53. The Hall–Kier alpha value is -1.62. The number of nitrogens with zero attached hydrogens (tertiary/aromatic N) is 2. The van der Waals surface area contributed by atoms with Gasteiger partial charge < -0.3 is 10.1 Å². The molecule has 0 saturated carbocycles. The second kappa shape index (κ2) is 6.02. The lowest BCUT2D eigenvalue weighted by molar-refractivity contribution is 0.415. The van der Waals surface area contributed by atoms with Crippen molar-refractivity contribution >= 4 is 21.7 Å². The van der Waals surface area contributed by atoms with Crippen molar-refractivity contribution in [2.75, 3.05) is 19.5 Å². The fourth-order valence-electron chi connectivity index (χ4n) is 1.73. The zero-order chi connectivity index (χ0) is 13.8. The fraction of sp³-hybridized carbons (Fsp3) is 0.286. The molecule has 100 valence electrons. The summed E-state index contributed by atoms with van der Waals surface area (Å²) in [6.45, 7) is 2.08. The van der Waals surface area contributed by atoms with Gasteiger partial charge in [0.1, 0.15) is 11.6 Å². The fourth-order valence-corrected chi connectivity index (χ4v) is 2.15. The largest absolute Gasteiger partial charge is 0.497 e. The Labute approximate surface area is 121 Å². The van der Waals surface area contributed by atoms with Crippen molar-refractivity contribution in [2.24, 2.45) is 0 Å². The van der Waals surface area contributed by atoms with Gasteiger partial charge in [-0.3, -0.25) is 0 Å². The summed E-state index contributed by atoms with van der Waals surface area (Å²) in [7, 11) is 3.50. The van der Waals surface area contributed by atoms with Crippen molar-refractivity contribution in [3.05, 3.63) is 34.4 Å². The van der Waals surface area contributed by atoms with Crippen LogP contribution in [0.15, 0.2) is 28.7 Å². The van der Waals surface area contributed by atoms with Crippen LogP contribution in [0.25, 0.3) is 11.4 Å². The average molecular weight is 322 g/mol. The van der Waals surface area contributed by atoms with Gasteiger partial charge in [-0.1, -0.05) is 22.9 Å². The predicted octanol–water partition coefficient (Wildman–Crippen LogP) is 3.52. The Morgan fingerprint density at radius 1 is 1.26 bits per heavy atom. The summed E-state index contributed by atoms with van der Waals surface area (Å²) in [6, 6.07) is 7.72. The second-order valence-corrected chi connectivity index (χ2v) is 4.87. The van der Waals surface area contributed by atoms with Gasteiger partial charge in [0.25, 0.3) is 0 Å². The van der Waals surface area contributed by atoms with Gasteiger partial charge >= 0.3 is 0 Å². The van der Waals surface area contributed by atoms with E-state index in [0.29, 0.717) is 5.82 Å². The molecule has 0 aliphatic carbocycles. The van der Waals surface area contributed by atoms with Gasteiger partial charge in [-0.2, -0.15) is 0 Å². The lowest BCUT2D eigenvalue weighted by atomic mass is 10.2. The number of anilines is 1. The minimum Gasteiger partial charge on any atom is -0.497 e. The number of rotatable bonds is 4. The van der Waals surface area contributed by atoms with E-state index in [4.69, 9.17) is 4.74 Å². The van der Waals surface area contributed by atoms with E-state index in [1.54, 1.807) is 7.11 Å². The summed E-state index contributed by atoms with van der Waals surface area (Å²) < 4.78 is 6.20. The maximum absolute atomic E-state index is 5.25. The molecule has 5 heteroatoms. The van der Waals surface area contributed by atoms with E-state index in [2.05, 4.69) is 38.1 Å². The Bertz CT molecular complexity index is 565. The Morgan fingerprint density at radius 3 is 2.68 bits per heavy atom. The van der Waals surface area contributed by atoms with Crippen molar-refractivity contribution in [1.82, 2.24) is 9.97 Å². The van der Waals surface area contributed by atoms with Crippen LogP contribution in [-0.4, -0.2) is 24.1 Å². The molecule has 0 saturated heterocycles. The van der Waals surface area contributed by atoms with Crippen LogP contribution in [0.1, 0.15) is 12.6 Å². The molecule has 19 heavy (non-hydrogen) atoms. The average Bonchev–Trinajstić information content (AvgIpc) is 2.47. The lowest BCUT2D eigenvalue weighted by Gasteiger charge is -2.09. The van der Waals surface area contributed by atoms with Crippen LogP contribution in [0.5, 0.6) is 5.75 Å². The maximum Gasteiger partial charge on any atom is 0.163 e. The molecule has 1 heterocycles. The van der Waals surface area contributed by atoms with Gasteiger partial charge in [0.2, 0.25) is 0 Å². The molecule has 0 amide bonds. The molecule has 4 nitrogen and oxygen atoms in total. The standard InChI is InChI=1S/C14H16BrN3O/c1-4-9-7-13(16-2)18-14(17-9)11-8-10(19-3)5-6-12(11)15/h5-8H,4H2,1-3H3,(H,16,17,18). The number of aryl methyl sites for hydroxylation is 1. The van der Waals surface area contributed by atoms with Crippen LogP contribution in [0.2, 0.25) is 0 Å². The summed E-state index contributed by atoms with van der Waals surface area (Å²) in [4.78, 5) is 9.07. The van der Waals surface area contributed by atoms with E-state index >= 15 is 0 Å². The first-order valence-corrected chi connectivity index (χ1v) is 6.86. The number of hydrogen-bond acceptors (Lipinski definition) is 4. The zero-order valence-corrected chi connectivity index (χ0v) is 12.8. The van der Waals surface area contributed by atoms with E-state index in [1.165, 1.54) is 0 Å². The Kier molecular flexibility index (Phi) is 4.37. The van der Waals surface area contributed by atoms with Gasteiger partial charge in [0, 0.05) is 28.8 Å². The van der Waals surface area contributed by atoms with Crippen molar-refractivity contribution in [1.29, 1.82) is 0 Å². The van der Waals surface area contributed by atoms with Crippen molar-refractivity contribution in [3.8, 4) is 17.1 Å². The highest BCUT2D eigenvalue weighted by molar-refractivity contribution is 9.10. The first-order valence-electron chi connectivity index (χ1n) is 6.07. The quantitative estimate of drug-likeness (QED) is 0.936. The topological polar surface area (TPSA) is 47.0 Å². The summed E-state index contributed by atoms with van der Waals surface area (Å²) in [6.07, 6.45) is 0.867. The van der Waals surface area contributed by atoms with Crippen molar-refractivity contribution < 1.29 is 4.74 Å². The molecule has 2 aromatic rings. The molecule has 0 radical (unpaired) electrons. The first-order chi connectivity index (χ1) is 9.17. The molecular weight excluding hydrogens is 306 g/mol. The van der Waals surface area contributed by atoms with Gasteiger partial charge in [0.05, 0.1) is 7.11 Å². The normalized spacial score (nSPS) is 10.3. The third kappa shape index (κ3) is 3.04. The third-order valence-corrected chi connectivity index (χ3v) is 3.50. The summed E-state index contributed by atoms with van der Waals surface area (Å²) in [5.41, 5.74) is 1.93. The van der Waals surface area contributed by atoms with E-state index < -0.39 is 0 Å². The summed E-state index contributed by atoms with van der Waals surface area (Å²) in [5.74, 6) is 2.29. The highest BCUT2D eigenvalue weighted by atomic mass is 79.9. The van der Waals surface area contributed by atoms with Gasteiger partial charge in [-0.25, -0.2) is 9.97 Å². The number of methoxy groups -OCH3 is 1. The molecular formula is C14H16BrN3O. The molecule has 0 spiro atoms. The summed E-state index contributed by atoms with van der Waals surface area (Å²) in [5, 5.41) is 3.06. The number of benzene rings is 1. The minimum absolute atomic E-state index is 0.689. The Morgan fingerprint density at radius 2 is 2.05 bits per heavy atom. The highest BCUT2D eigenvalue weighted by Gasteiger charge is 2.10. The maximum atomic E-state index is 5.25. The molecule has 2 rings (SSSR count). The molecule has 1 aromatic heterocycles. The molecule has 0 aliphatic rings. The number of halogens is 1. The van der Waals surface area contributed by atoms with Gasteiger partial charge in [0.15, 0.2) is 5.82 Å². The number of aromatic nitrogens is 2. The van der Waals surface area contributed by atoms with E-state index in [0.717, 1.165) is 33.7 Å². The first kappa shape index (κ1) is 13.8. The van der Waals surface area contributed by atoms with Gasteiger partial charge in [-0.05, 0) is 24.6 Å². The van der Waals surface area contributed by atoms with E-state index in [-0.39, 0.29) is 0 Å². The number of ether oxygens (including phenoxy) is 1.